The largest absolute Gasteiger partial charge is 3.00 e. The Labute approximate surface area is 58.6 Å². The fourth-order valence-corrected chi connectivity index (χ4v) is 0. The predicted molar refractivity (Wildman–Crippen MR) is 6.92 cm³/mol. The maximum Gasteiger partial charge on any atom is 3.00 e. The normalized spacial score (nSPS) is 7.20. The fourth-order valence-electron chi connectivity index (χ4n) is 0. The van der Waals surface area contributed by atoms with Crippen molar-refractivity contribution in [3.05, 3.63) is 0 Å². The SMILES string of the molecule is [La+3].[O-]P([O-])[O-]. The van der Waals surface area contributed by atoms with E-state index in [9.17, 15) is 0 Å². The third kappa shape index (κ3) is 29.9. The Morgan fingerprint density at radius 3 is 1.00 bits per heavy atom. The maximum atomic E-state index is 8.48. The zero-order valence-corrected chi connectivity index (χ0v) is 6.77. The van der Waals surface area contributed by atoms with Gasteiger partial charge in [-0.05, 0) is 0 Å². The quantitative estimate of drug-likeness (QED) is 0.415. The van der Waals surface area contributed by atoms with Gasteiger partial charge in [0.15, 0.2) is 0 Å². The van der Waals surface area contributed by atoms with Gasteiger partial charge in [-0.25, -0.2) is 0 Å². The van der Waals surface area contributed by atoms with Crippen molar-refractivity contribution in [3.8, 4) is 0 Å². The molecule has 0 radical (unpaired) electrons. The minimum atomic E-state index is -3.37. The topological polar surface area (TPSA) is 69.2 Å². The van der Waals surface area contributed by atoms with Gasteiger partial charge in [-0.2, -0.15) is 0 Å². The molecule has 0 amide bonds. The molecule has 0 rings (SSSR count). The zero-order chi connectivity index (χ0) is 3.58. The third-order valence-electron chi connectivity index (χ3n) is 0. The Bertz CT molecular complexity index is 11.6. The second-order valence-electron chi connectivity index (χ2n) is 0.224. The first-order chi connectivity index (χ1) is 1.73. The Morgan fingerprint density at radius 1 is 1.00 bits per heavy atom. The van der Waals surface area contributed by atoms with Gasteiger partial charge in [-0.15, -0.1) is 0 Å². The van der Waals surface area contributed by atoms with Crippen molar-refractivity contribution < 1.29 is 50.3 Å². The second kappa shape index (κ2) is 5.50. The molecule has 0 atom stereocenters. The molecule has 5 heavy (non-hydrogen) atoms. The molecule has 0 N–H and O–H groups in total. The van der Waals surface area contributed by atoms with Crippen molar-refractivity contribution >= 4 is 8.60 Å². The van der Waals surface area contributed by atoms with Crippen LogP contribution in [0.2, 0.25) is 0 Å². The molecule has 3 nitrogen and oxygen atoms in total. The molecule has 0 fully saturated rings. The van der Waals surface area contributed by atoms with Crippen molar-refractivity contribution in [3.63, 3.8) is 0 Å². The van der Waals surface area contributed by atoms with Crippen LogP contribution >= 0.6 is 8.60 Å². The van der Waals surface area contributed by atoms with Crippen molar-refractivity contribution in [1.29, 1.82) is 0 Å². The van der Waals surface area contributed by atoms with E-state index < -0.39 is 8.60 Å². The Morgan fingerprint density at radius 2 is 1.00 bits per heavy atom. The molecule has 26 valence electrons. The van der Waals surface area contributed by atoms with Crippen LogP contribution in [0, 0.1) is 35.6 Å². The molecule has 0 aromatic carbocycles. The van der Waals surface area contributed by atoms with Gasteiger partial charge in [0.25, 0.3) is 0 Å². The summed E-state index contributed by atoms with van der Waals surface area (Å²) in [7, 11) is -3.37. The van der Waals surface area contributed by atoms with Crippen LogP contribution in [0.5, 0.6) is 0 Å². The molecule has 0 aliphatic rings. The molecule has 5 heteroatoms. The van der Waals surface area contributed by atoms with E-state index in [0.717, 1.165) is 0 Å². The zero-order valence-electron chi connectivity index (χ0n) is 2.25. The van der Waals surface area contributed by atoms with Crippen LogP contribution in [0.1, 0.15) is 0 Å². The van der Waals surface area contributed by atoms with E-state index in [4.69, 9.17) is 14.7 Å². The van der Waals surface area contributed by atoms with E-state index in [1.165, 1.54) is 0 Å². The van der Waals surface area contributed by atoms with Crippen LogP contribution in [0.15, 0.2) is 0 Å². The van der Waals surface area contributed by atoms with Gasteiger partial charge in [0.05, 0.1) is 0 Å². The minimum absolute atomic E-state index is 0. The predicted octanol–water partition coefficient (Wildman–Crippen LogP) is -2.71. The van der Waals surface area contributed by atoms with Gasteiger partial charge >= 0.3 is 35.6 Å². The van der Waals surface area contributed by atoms with Crippen molar-refractivity contribution in [1.82, 2.24) is 0 Å². The van der Waals surface area contributed by atoms with E-state index in [0.29, 0.717) is 0 Å². The molecule has 0 unspecified atom stereocenters. The molecular formula is LaO3P. The molecule has 0 bridgehead atoms. The van der Waals surface area contributed by atoms with Crippen LogP contribution in [0.25, 0.3) is 0 Å². The number of hydrogen-bond acceptors (Lipinski definition) is 3. The monoisotopic (exact) mass is 218 g/mol. The molecular weight excluding hydrogens is 218 g/mol. The summed E-state index contributed by atoms with van der Waals surface area (Å²) in [4.78, 5) is 25.4. The van der Waals surface area contributed by atoms with Crippen molar-refractivity contribution in [2.24, 2.45) is 0 Å². The maximum absolute atomic E-state index is 8.48. The number of rotatable bonds is 0. The van der Waals surface area contributed by atoms with E-state index in [-0.39, 0.29) is 35.6 Å². The first-order valence-corrected chi connectivity index (χ1v) is 1.64. The summed E-state index contributed by atoms with van der Waals surface area (Å²) in [6.07, 6.45) is 0. The molecule has 0 saturated carbocycles. The standard InChI is InChI=1S/La.O3P/c;1-4(2)3/q+3;-3. The van der Waals surface area contributed by atoms with Crippen LogP contribution in [-0.2, 0) is 0 Å². The van der Waals surface area contributed by atoms with Crippen molar-refractivity contribution in [2.45, 2.75) is 0 Å². The summed E-state index contributed by atoms with van der Waals surface area (Å²) in [5.41, 5.74) is 0. The van der Waals surface area contributed by atoms with Crippen LogP contribution in [-0.4, -0.2) is 0 Å². The summed E-state index contributed by atoms with van der Waals surface area (Å²) in [5, 5.41) is 0. The molecule has 0 aromatic rings. The van der Waals surface area contributed by atoms with Crippen LogP contribution < -0.4 is 14.7 Å². The second-order valence-corrected chi connectivity index (χ2v) is 0.671. The summed E-state index contributed by atoms with van der Waals surface area (Å²) in [6, 6.07) is 0. The fraction of sp³-hybridized carbons (Fsp3) is 0. The van der Waals surface area contributed by atoms with Crippen LogP contribution in [0.3, 0.4) is 0 Å². The molecule has 0 spiro atoms. The van der Waals surface area contributed by atoms with E-state index in [1.54, 1.807) is 0 Å². The Balaban J connectivity index is 0. The van der Waals surface area contributed by atoms with Gasteiger partial charge < -0.3 is 23.3 Å². The van der Waals surface area contributed by atoms with Crippen LogP contribution in [0.4, 0.5) is 0 Å². The van der Waals surface area contributed by atoms with Crippen molar-refractivity contribution in [2.75, 3.05) is 0 Å². The first-order valence-electron chi connectivity index (χ1n) is 0.548. The minimum Gasteiger partial charge on any atom is -0.854 e. The summed E-state index contributed by atoms with van der Waals surface area (Å²) >= 11 is 0. The average molecular weight is 218 g/mol. The first kappa shape index (κ1) is 9.71. The van der Waals surface area contributed by atoms with E-state index >= 15 is 0 Å². The smallest absolute Gasteiger partial charge is 0.854 e. The molecule has 0 heterocycles. The summed E-state index contributed by atoms with van der Waals surface area (Å²) < 4.78 is 0. The Kier molecular flexibility index (Phi) is 10.7. The van der Waals surface area contributed by atoms with E-state index in [1.807, 2.05) is 0 Å². The number of hydrogen-bond donors (Lipinski definition) is 0. The average Bonchev–Trinajstić information content (AvgIpc) is 0.811. The van der Waals surface area contributed by atoms with Gasteiger partial charge in [0.2, 0.25) is 0 Å². The molecule has 0 aliphatic heterocycles. The molecule has 0 aromatic heterocycles. The third-order valence-corrected chi connectivity index (χ3v) is 0. The summed E-state index contributed by atoms with van der Waals surface area (Å²) in [5.74, 6) is 0. The van der Waals surface area contributed by atoms with Gasteiger partial charge in [-0.1, -0.05) is 0 Å². The molecule has 0 aliphatic carbocycles. The Hall–Kier alpha value is 1.50. The molecule has 0 saturated heterocycles. The van der Waals surface area contributed by atoms with E-state index in [2.05, 4.69) is 0 Å². The summed E-state index contributed by atoms with van der Waals surface area (Å²) in [6.45, 7) is 0. The van der Waals surface area contributed by atoms with Gasteiger partial charge in [0.1, 0.15) is 0 Å². The van der Waals surface area contributed by atoms with Gasteiger partial charge in [0, 0.05) is 0 Å². The van der Waals surface area contributed by atoms with Gasteiger partial charge in [-0.3, -0.25) is 0 Å².